The highest BCUT2D eigenvalue weighted by atomic mass is 79.9. The van der Waals surface area contributed by atoms with Crippen LogP contribution < -0.4 is 4.90 Å². The van der Waals surface area contributed by atoms with Crippen molar-refractivity contribution in [2.45, 2.75) is 6.04 Å². The number of alkyl halides is 1. The second-order valence-corrected chi connectivity index (χ2v) is 4.95. The van der Waals surface area contributed by atoms with Gasteiger partial charge in [0.25, 0.3) is 0 Å². The molecule has 0 radical (unpaired) electrons. The fraction of sp³-hybridized carbons (Fsp3) is 0.385. The molecule has 2 aromatic rings. The Morgan fingerprint density at radius 1 is 1.39 bits per heavy atom. The van der Waals surface area contributed by atoms with Crippen LogP contribution in [0.3, 0.4) is 0 Å². The zero-order chi connectivity index (χ0) is 12.4. The van der Waals surface area contributed by atoms with E-state index in [1.807, 2.05) is 30.5 Å². The van der Waals surface area contributed by atoms with Crippen LogP contribution >= 0.6 is 15.9 Å². The molecule has 1 aromatic heterocycles. The van der Waals surface area contributed by atoms with Crippen molar-refractivity contribution in [3.63, 3.8) is 0 Å². The van der Waals surface area contributed by atoms with Gasteiger partial charge in [0.15, 0.2) is 0 Å². The average molecular weight is 308 g/mol. The third-order valence-corrected chi connectivity index (χ3v) is 3.89. The fourth-order valence-electron chi connectivity index (χ4n) is 2.15. The van der Waals surface area contributed by atoms with Crippen molar-refractivity contribution in [2.24, 2.45) is 0 Å². The molecule has 94 valence electrons. The van der Waals surface area contributed by atoms with Gasteiger partial charge in [-0.15, -0.1) is 0 Å². The minimum Gasteiger partial charge on any atom is -0.377 e. The van der Waals surface area contributed by atoms with E-state index < -0.39 is 0 Å². The van der Waals surface area contributed by atoms with E-state index in [-0.39, 0.29) is 0 Å². The van der Waals surface area contributed by atoms with Gasteiger partial charge in [0, 0.05) is 23.5 Å². The van der Waals surface area contributed by atoms with Gasteiger partial charge in [0.05, 0.1) is 24.8 Å². The Balaban J connectivity index is 1.97. The second kappa shape index (κ2) is 5.20. The molecule has 3 rings (SSSR count). The topological polar surface area (TPSA) is 38.2 Å². The van der Waals surface area contributed by atoms with Gasteiger partial charge in [-0.1, -0.05) is 34.1 Å². The first-order valence-corrected chi connectivity index (χ1v) is 7.13. The standard InChI is InChI=1S/C13H14BrN3O/c14-7-11-9-18-6-5-17(11)13-15-8-10-3-1-2-4-12(10)16-13/h1-4,8,11H,5-7,9H2. The monoisotopic (exact) mass is 307 g/mol. The van der Waals surface area contributed by atoms with Crippen molar-refractivity contribution < 1.29 is 4.74 Å². The van der Waals surface area contributed by atoms with Crippen LogP contribution in [0.5, 0.6) is 0 Å². The molecule has 0 amide bonds. The molecule has 18 heavy (non-hydrogen) atoms. The predicted octanol–water partition coefficient (Wildman–Crippen LogP) is 2.23. The highest BCUT2D eigenvalue weighted by molar-refractivity contribution is 9.09. The summed E-state index contributed by atoms with van der Waals surface area (Å²) in [5.41, 5.74) is 0.988. The Labute approximate surface area is 114 Å². The van der Waals surface area contributed by atoms with Crippen LogP contribution in [0.2, 0.25) is 0 Å². The molecule has 0 N–H and O–H groups in total. The van der Waals surface area contributed by atoms with Crippen molar-refractivity contribution in [1.29, 1.82) is 0 Å². The Hall–Kier alpha value is -1.20. The van der Waals surface area contributed by atoms with Crippen LogP contribution in [0, 0.1) is 0 Å². The largest absolute Gasteiger partial charge is 0.377 e. The first-order valence-electron chi connectivity index (χ1n) is 6.00. The van der Waals surface area contributed by atoms with E-state index in [2.05, 4.69) is 30.8 Å². The predicted molar refractivity (Wildman–Crippen MR) is 75.3 cm³/mol. The third-order valence-electron chi connectivity index (χ3n) is 3.14. The number of anilines is 1. The molecule has 0 spiro atoms. The summed E-state index contributed by atoms with van der Waals surface area (Å²) in [4.78, 5) is 11.3. The number of nitrogens with zero attached hydrogens (tertiary/aromatic N) is 3. The van der Waals surface area contributed by atoms with E-state index in [1.54, 1.807) is 0 Å². The molecule has 1 unspecified atom stereocenters. The zero-order valence-electron chi connectivity index (χ0n) is 9.92. The van der Waals surface area contributed by atoms with E-state index in [9.17, 15) is 0 Å². The van der Waals surface area contributed by atoms with Gasteiger partial charge >= 0.3 is 0 Å². The highest BCUT2D eigenvalue weighted by Crippen LogP contribution is 2.19. The summed E-state index contributed by atoms with van der Waals surface area (Å²) >= 11 is 3.52. The van der Waals surface area contributed by atoms with Crippen molar-refractivity contribution in [2.75, 3.05) is 30.0 Å². The van der Waals surface area contributed by atoms with Gasteiger partial charge in [-0.3, -0.25) is 0 Å². The quantitative estimate of drug-likeness (QED) is 0.798. The smallest absolute Gasteiger partial charge is 0.226 e. The number of morpholine rings is 1. The number of rotatable bonds is 2. The number of hydrogen-bond acceptors (Lipinski definition) is 4. The van der Waals surface area contributed by atoms with E-state index in [4.69, 9.17) is 4.74 Å². The van der Waals surface area contributed by atoms with Crippen LogP contribution in [0.15, 0.2) is 30.5 Å². The van der Waals surface area contributed by atoms with E-state index in [0.29, 0.717) is 6.04 Å². The van der Waals surface area contributed by atoms with Gasteiger partial charge in [0.1, 0.15) is 0 Å². The molecule has 1 aliphatic rings. The Morgan fingerprint density at radius 3 is 3.17 bits per heavy atom. The maximum atomic E-state index is 5.48. The van der Waals surface area contributed by atoms with Crippen LogP contribution in [-0.2, 0) is 4.74 Å². The molecule has 1 fully saturated rings. The number of para-hydroxylation sites is 1. The Kier molecular flexibility index (Phi) is 3.43. The van der Waals surface area contributed by atoms with Crippen LogP contribution in [0.1, 0.15) is 0 Å². The lowest BCUT2D eigenvalue weighted by molar-refractivity contribution is 0.0996. The zero-order valence-corrected chi connectivity index (χ0v) is 11.5. The van der Waals surface area contributed by atoms with Gasteiger partial charge in [-0.2, -0.15) is 0 Å². The molecule has 2 heterocycles. The Bertz CT molecular complexity index is 549. The maximum absolute atomic E-state index is 5.48. The SMILES string of the molecule is BrCC1COCCN1c1ncc2ccccc2n1. The molecule has 1 aliphatic heterocycles. The van der Waals surface area contributed by atoms with Crippen molar-refractivity contribution in [1.82, 2.24) is 9.97 Å². The van der Waals surface area contributed by atoms with Crippen molar-refractivity contribution in [3.8, 4) is 0 Å². The Morgan fingerprint density at radius 2 is 2.28 bits per heavy atom. The first kappa shape index (κ1) is 11.9. The molecule has 1 saturated heterocycles. The highest BCUT2D eigenvalue weighted by Gasteiger charge is 2.24. The second-order valence-electron chi connectivity index (χ2n) is 4.31. The van der Waals surface area contributed by atoms with Gasteiger partial charge in [-0.05, 0) is 6.07 Å². The van der Waals surface area contributed by atoms with Crippen molar-refractivity contribution in [3.05, 3.63) is 30.5 Å². The fourth-order valence-corrected chi connectivity index (χ4v) is 2.68. The van der Waals surface area contributed by atoms with E-state index in [1.165, 1.54) is 0 Å². The lowest BCUT2D eigenvalue weighted by Gasteiger charge is -2.34. The summed E-state index contributed by atoms with van der Waals surface area (Å²) in [5, 5.41) is 1.94. The number of halogens is 1. The minimum absolute atomic E-state index is 0.305. The summed E-state index contributed by atoms with van der Waals surface area (Å²) in [6.45, 7) is 2.30. The van der Waals surface area contributed by atoms with Crippen LogP contribution in [0.25, 0.3) is 10.9 Å². The van der Waals surface area contributed by atoms with E-state index >= 15 is 0 Å². The number of aromatic nitrogens is 2. The van der Waals surface area contributed by atoms with Crippen LogP contribution in [0.4, 0.5) is 5.95 Å². The minimum atomic E-state index is 0.305. The molecule has 1 atom stereocenters. The normalized spacial score (nSPS) is 20.3. The summed E-state index contributed by atoms with van der Waals surface area (Å²) < 4.78 is 5.48. The third kappa shape index (κ3) is 2.20. The summed E-state index contributed by atoms with van der Waals surface area (Å²) in [6, 6.07) is 8.35. The maximum Gasteiger partial charge on any atom is 0.226 e. The van der Waals surface area contributed by atoms with Crippen LogP contribution in [-0.4, -0.2) is 41.1 Å². The first-order chi connectivity index (χ1) is 8.88. The lowest BCUT2D eigenvalue weighted by Crippen LogP contribution is -2.47. The molecule has 4 nitrogen and oxygen atoms in total. The van der Waals surface area contributed by atoms with Gasteiger partial charge in [0.2, 0.25) is 5.95 Å². The molecule has 0 bridgehead atoms. The average Bonchev–Trinajstić information content (AvgIpc) is 2.46. The number of fused-ring (bicyclic) bond motifs is 1. The number of benzene rings is 1. The summed E-state index contributed by atoms with van der Waals surface area (Å²) in [6.07, 6.45) is 1.89. The molecular weight excluding hydrogens is 294 g/mol. The molecule has 1 aromatic carbocycles. The summed E-state index contributed by atoms with van der Waals surface area (Å²) in [7, 11) is 0. The molecule has 0 saturated carbocycles. The van der Waals surface area contributed by atoms with Gasteiger partial charge in [-0.25, -0.2) is 9.97 Å². The van der Waals surface area contributed by atoms with Crippen molar-refractivity contribution >= 4 is 32.8 Å². The molecule has 0 aliphatic carbocycles. The number of ether oxygens (including phenoxy) is 1. The summed E-state index contributed by atoms with van der Waals surface area (Å²) in [5.74, 6) is 0.793. The molecular formula is C13H14BrN3O. The lowest BCUT2D eigenvalue weighted by atomic mass is 10.2. The molecule has 5 heteroatoms. The van der Waals surface area contributed by atoms with E-state index in [0.717, 1.165) is 41.9 Å². The number of hydrogen-bond donors (Lipinski definition) is 0. The van der Waals surface area contributed by atoms with Gasteiger partial charge < -0.3 is 9.64 Å².